The Hall–Kier alpha value is -2.28. The number of aromatic nitrogens is 3. The number of carbonyl (C=O) groups excluding carboxylic acids is 1. The molecule has 0 N–H and O–H groups in total. The van der Waals surface area contributed by atoms with Gasteiger partial charge < -0.3 is 9.64 Å². The number of rotatable bonds is 2. The minimum atomic E-state index is -0.471. The molecular formula is C19H26N4O2S. The summed E-state index contributed by atoms with van der Waals surface area (Å²) in [4.78, 5) is 27.7. The molecule has 0 fully saturated rings. The van der Waals surface area contributed by atoms with Crippen LogP contribution in [0.1, 0.15) is 46.0 Å². The highest BCUT2D eigenvalue weighted by Gasteiger charge is 2.24. The lowest BCUT2D eigenvalue weighted by Gasteiger charge is -2.29. The van der Waals surface area contributed by atoms with Crippen molar-refractivity contribution in [2.75, 3.05) is 13.1 Å². The fourth-order valence-electron chi connectivity index (χ4n) is 2.31. The van der Waals surface area contributed by atoms with Crippen LogP contribution < -0.4 is 0 Å². The van der Waals surface area contributed by atoms with Gasteiger partial charge in [-0.15, -0.1) is 11.3 Å². The number of hydrogen-bond donors (Lipinski definition) is 0. The van der Waals surface area contributed by atoms with Gasteiger partial charge in [0.2, 0.25) is 0 Å². The van der Waals surface area contributed by atoms with Crippen molar-refractivity contribution < 1.29 is 9.53 Å². The maximum Gasteiger partial charge on any atom is 0.410 e. The van der Waals surface area contributed by atoms with Crippen molar-refractivity contribution in [2.45, 2.75) is 46.6 Å². The maximum atomic E-state index is 12.1. The van der Waals surface area contributed by atoms with Crippen LogP contribution in [0.3, 0.4) is 0 Å². The Morgan fingerprint density at radius 3 is 2.46 bits per heavy atom. The molecule has 2 aromatic rings. The van der Waals surface area contributed by atoms with Gasteiger partial charge in [0.05, 0.1) is 4.88 Å². The Morgan fingerprint density at radius 1 is 1.19 bits per heavy atom. The highest BCUT2D eigenvalue weighted by atomic mass is 32.1. The van der Waals surface area contributed by atoms with Crippen LogP contribution in [0.15, 0.2) is 30.7 Å². The van der Waals surface area contributed by atoms with E-state index < -0.39 is 5.60 Å². The number of ether oxygens (including phenoxy) is 1. The summed E-state index contributed by atoms with van der Waals surface area (Å²) >= 11 is 1.57. The molecule has 1 amide bonds. The summed E-state index contributed by atoms with van der Waals surface area (Å²) in [6.45, 7) is 10.8. The summed E-state index contributed by atoms with van der Waals surface area (Å²) in [5.41, 5.74) is 0.683. The third-order valence-electron chi connectivity index (χ3n) is 3.43. The largest absolute Gasteiger partial charge is 0.444 e. The van der Waals surface area contributed by atoms with Crippen LogP contribution in [0, 0.1) is 0 Å². The highest BCUT2D eigenvalue weighted by Crippen LogP contribution is 2.30. The van der Waals surface area contributed by atoms with Gasteiger partial charge in [0.1, 0.15) is 10.6 Å². The molecular weight excluding hydrogens is 348 g/mol. The Kier molecular flexibility index (Phi) is 6.85. The Bertz CT molecular complexity index is 750. The number of nitrogens with zero attached hydrogens (tertiary/aromatic N) is 4. The van der Waals surface area contributed by atoms with Crippen LogP contribution in [-0.2, 0) is 4.74 Å². The Balaban J connectivity index is 0.00000117. The third kappa shape index (κ3) is 5.36. The van der Waals surface area contributed by atoms with Crippen LogP contribution in [0.25, 0.3) is 16.3 Å². The fourth-order valence-corrected chi connectivity index (χ4v) is 3.24. The monoisotopic (exact) mass is 374 g/mol. The second-order valence-corrected chi connectivity index (χ2v) is 7.54. The number of carbonyl (C=O) groups is 1. The first-order valence-corrected chi connectivity index (χ1v) is 9.64. The van der Waals surface area contributed by atoms with E-state index in [9.17, 15) is 4.79 Å². The van der Waals surface area contributed by atoms with E-state index in [2.05, 4.69) is 15.0 Å². The van der Waals surface area contributed by atoms with E-state index in [4.69, 9.17) is 4.74 Å². The number of thiazole rings is 1. The van der Waals surface area contributed by atoms with Gasteiger partial charge in [0, 0.05) is 31.7 Å². The zero-order valence-corrected chi connectivity index (χ0v) is 16.8. The zero-order valence-electron chi connectivity index (χ0n) is 16.0. The normalized spacial score (nSPS) is 14.2. The lowest BCUT2D eigenvalue weighted by molar-refractivity contribution is 0.0270. The van der Waals surface area contributed by atoms with Gasteiger partial charge in [-0.25, -0.2) is 19.7 Å². The smallest absolute Gasteiger partial charge is 0.410 e. The first-order chi connectivity index (χ1) is 12.4. The van der Waals surface area contributed by atoms with Crippen molar-refractivity contribution in [1.29, 1.82) is 0 Å². The summed E-state index contributed by atoms with van der Waals surface area (Å²) in [6.07, 6.45) is 7.79. The lowest BCUT2D eigenvalue weighted by Crippen LogP contribution is -2.39. The minimum Gasteiger partial charge on any atom is -0.444 e. The first-order valence-electron chi connectivity index (χ1n) is 8.83. The predicted octanol–water partition coefficient (Wildman–Crippen LogP) is 4.65. The fraction of sp³-hybridized carbons (Fsp3) is 0.474. The summed E-state index contributed by atoms with van der Waals surface area (Å²) in [7, 11) is 0. The van der Waals surface area contributed by atoms with E-state index in [0.29, 0.717) is 18.9 Å². The molecule has 0 unspecified atom stereocenters. The van der Waals surface area contributed by atoms with Crippen molar-refractivity contribution >= 4 is 23.0 Å². The van der Waals surface area contributed by atoms with E-state index in [1.54, 1.807) is 40.9 Å². The van der Waals surface area contributed by atoms with Gasteiger partial charge in [0.25, 0.3) is 0 Å². The average Bonchev–Trinajstić information content (AvgIpc) is 3.13. The second-order valence-electron chi connectivity index (χ2n) is 6.51. The summed E-state index contributed by atoms with van der Waals surface area (Å²) in [5, 5.41) is 0.960. The molecule has 0 bridgehead atoms. The molecule has 140 valence electrons. The molecule has 0 radical (unpaired) electrons. The van der Waals surface area contributed by atoms with Gasteiger partial charge in [-0.3, -0.25) is 0 Å². The molecule has 6 nitrogen and oxygen atoms in total. The molecule has 0 saturated carbocycles. The first kappa shape index (κ1) is 20.0. The predicted molar refractivity (Wildman–Crippen MR) is 105 cm³/mol. The van der Waals surface area contributed by atoms with Gasteiger partial charge >= 0.3 is 6.09 Å². The maximum absolute atomic E-state index is 12.1. The summed E-state index contributed by atoms with van der Waals surface area (Å²) in [5.74, 6) is 0.688. The van der Waals surface area contributed by atoms with Gasteiger partial charge in [0.15, 0.2) is 5.82 Å². The minimum absolute atomic E-state index is 0.268. The average molecular weight is 375 g/mol. The second kappa shape index (κ2) is 8.89. The van der Waals surface area contributed by atoms with Crippen LogP contribution in [0.4, 0.5) is 4.79 Å². The summed E-state index contributed by atoms with van der Waals surface area (Å²) < 4.78 is 5.41. The molecule has 2 aromatic heterocycles. The molecule has 3 rings (SSSR count). The SMILES string of the molecule is CC.CC(C)(C)OC(=O)N1CC=C(c2ncc(-c3ncccn3)s2)CC1. The van der Waals surface area contributed by atoms with Crippen molar-refractivity contribution in [2.24, 2.45) is 0 Å². The van der Waals surface area contributed by atoms with Crippen molar-refractivity contribution in [3.8, 4) is 10.7 Å². The molecule has 7 heteroatoms. The van der Waals surface area contributed by atoms with Crippen molar-refractivity contribution in [3.05, 3.63) is 35.7 Å². The molecule has 0 saturated heterocycles. The molecule has 3 heterocycles. The van der Waals surface area contributed by atoms with Crippen molar-refractivity contribution in [3.63, 3.8) is 0 Å². The molecule has 26 heavy (non-hydrogen) atoms. The van der Waals surface area contributed by atoms with Crippen LogP contribution in [-0.4, -0.2) is 44.6 Å². The highest BCUT2D eigenvalue weighted by molar-refractivity contribution is 7.16. The molecule has 0 aliphatic carbocycles. The Labute approximate surface area is 159 Å². The van der Waals surface area contributed by atoms with Crippen LogP contribution in [0.2, 0.25) is 0 Å². The number of amides is 1. The zero-order chi connectivity index (χ0) is 19.2. The topological polar surface area (TPSA) is 68.2 Å². The molecule has 0 spiro atoms. The molecule has 0 atom stereocenters. The summed E-state index contributed by atoms with van der Waals surface area (Å²) in [6, 6.07) is 1.79. The van der Waals surface area contributed by atoms with E-state index in [-0.39, 0.29) is 6.09 Å². The van der Waals surface area contributed by atoms with E-state index in [0.717, 1.165) is 21.9 Å². The molecule has 1 aliphatic heterocycles. The quantitative estimate of drug-likeness (QED) is 0.765. The third-order valence-corrected chi connectivity index (χ3v) is 4.50. The number of hydrogen-bond acceptors (Lipinski definition) is 6. The van der Waals surface area contributed by atoms with Crippen LogP contribution >= 0.6 is 11.3 Å². The standard InChI is InChI=1S/C17H20N4O2S.C2H6/c1-17(2,3)23-16(22)21-9-5-12(6-10-21)15-20-11-13(24-15)14-18-7-4-8-19-14;1-2/h4-5,7-8,11H,6,9-10H2,1-3H3;1-2H3. The van der Waals surface area contributed by atoms with E-state index in [1.807, 2.05) is 40.7 Å². The van der Waals surface area contributed by atoms with E-state index >= 15 is 0 Å². The molecule has 1 aliphatic rings. The van der Waals surface area contributed by atoms with Crippen molar-refractivity contribution in [1.82, 2.24) is 19.9 Å². The van der Waals surface area contributed by atoms with Gasteiger partial charge in [-0.1, -0.05) is 19.9 Å². The Morgan fingerprint density at radius 2 is 1.88 bits per heavy atom. The van der Waals surface area contributed by atoms with Gasteiger partial charge in [-0.05, 0) is 38.8 Å². The lowest BCUT2D eigenvalue weighted by atomic mass is 10.1. The van der Waals surface area contributed by atoms with Crippen LogP contribution in [0.5, 0.6) is 0 Å². The molecule has 0 aromatic carbocycles. The van der Waals surface area contributed by atoms with Gasteiger partial charge in [-0.2, -0.15) is 0 Å². The van der Waals surface area contributed by atoms with E-state index in [1.165, 1.54) is 0 Å².